The lowest BCUT2D eigenvalue weighted by Crippen LogP contribution is -2.31. The number of rotatable bonds is 5. The molecule has 1 unspecified atom stereocenters. The highest BCUT2D eigenvalue weighted by atomic mass is 35.5. The first-order valence-corrected chi connectivity index (χ1v) is 5.76. The molecule has 1 aromatic rings. The Morgan fingerprint density at radius 2 is 2.29 bits per heavy atom. The maximum atomic E-state index is 11.2. The fourth-order valence-electron chi connectivity index (χ4n) is 1.34. The summed E-state index contributed by atoms with van der Waals surface area (Å²) >= 11 is 5.60. The van der Waals surface area contributed by atoms with Gasteiger partial charge in [-0.15, -0.1) is 11.6 Å². The number of halogens is 1. The molecule has 0 aliphatic heterocycles. The lowest BCUT2D eigenvalue weighted by Gasteiger charge is -2.08. The molecule has 0 aromatic heterocycles. The average molecular weight is 258 g/mol. The number of ether oxygens (including phenoxy) is 1. The van der Waals surface area contributed by atoms with Gasteiger partial charge in [0.05, 0.1) is 7.11 Å². The van der Waals surface area contributed by atoms with Crippen molar-refractivity contribution in [2.75, 3.05) is 13.7 Å². The third kappa shape index (κ3) is 4.15. The topological polar surface area (TPSA) is 58.6 Å². The number of aromatic hydroxyl groups is 1. The molecule has 1 rings (SSSR count). The molecule has 0 radical (unpaired) electrons. The second-order valence-corrected chi connectivity index (χ2v) is 4.31. The van der Waals surface area contributed by atoms with Crippen LogP contribution in [0.15, 0.2) is 18.2 Å². The van der Waals surface area contributed by atoms with E-state index in [-0.39, 0.29) is 11.7 Å². The number of carbonyl (C=O) groups excluding carboxylic acids is 1. The van der Waals surface area contributed by atoms with Crippen LogP contribution in [0.3, 0.4) is 0 Å². The second kappa shape index (κ2) is 6.35. The minimum Gasteiger partial charge on any atom is -0.508 e. The van der Waals surface area contributed by atoms with Gasteiger partial charge >= 0.3 is 0 Å². The summed E-state index contributed by atoms with van der Waals surface area (Å²) < 4.78 is 4.98. The average Bonchev–Trinajstić information content (AvgIpc) is 2.30. The Morgan fingerprint density at radius 1 is 1.59 bits per heavy atom. The fourth-order valence-corrected chi connectivity index (χ4v) is 1.42. The summed E-state index contributed by atoms with van der Waals surface area (Å²) in [5.41, 5.74) is 0.758. The van der Waals surface area contributed by atoms with E-state index in [0.29, 0.717) is 18.7 Å². The van der Waals surface area contributed by atoms with E-state index in [0.717, 1.165) is 5.56 Å². The number of benzene rings is 1. The molecule has 0 saturated carbocycles. The third-order valence-corrected chi connectivity index (χ3v) is 2.55. The number of alkyl halides is 1. The smallest absolute Gasteiger partial charge is 0.237 e. The zero-order valence-corrected chi connectivity index (χ0v) is 10.6. The molecule has 2 N–H and O–H groups in total. The molecular weight excluding hydrogens is 242 g/mol. The van der Waals surface area contributed by atoms with E-state index < -0.39 is 5.38 Å². The highest BCUT2D eigenvalue weighted by Crippen LogP contribution is 2.23. The lowest BCUT2D eigenvalue weighted by molar-refractivity contribution is -0.120. The van der Waals surface area contributed by atoms with Crippen molar-refractivity contribution in [1.82, 2.24) is 5.32 Å². The molecule has 4 nitrogen and oxygen atoms in total. The summed E-state index contributed by atoms with van der Waals surface area (Å²) in [6.07, 6.45) is 0.547. The quantitative estimate of drug-likeness (QED) is 0.790. The van der Waals surface area contributed by atoms with Crippen LogP contribution < -0.4 is 10.1 Å². The van der Waals surface area contributed by atoms with Crippen molar-refractivity contribution in [3.8, 4) is 11.5 Å². The van der Waals surface area contributed by atoms with Crippen molar-refractivity contribution in [3.05, 3.63) is 23.8 Å². The summed E-state index contributed by atoms with van der Waals surface area (Å²) in [6.45, 7) is 2.05. The molecule has 1 aromatic carbocycles. The normalized spacial score (nSPS) is 11.9. The number of phenolic OH excluding ortho intramolecular Hbond substituents is 1. The number of hydrogen-bond donors (Lipinski definition) is 2. The monoisotopic (exact) mass is 257 g/mol. The molecule has 0 fully saturated rings. The van der Waals surface area contributed by atoms with Gasteiger partial charge in [0.1, 0.15) is 16.9 Å². The minimum atomic E-state index is -0.542. The standard InChI is InChI=1S/C12H16ClNO3/c1-8(13)12(16)14-6-5-9-3-4-10(17-2)7-11(9)15/h3-4,7-8,15H,5-6H2,1-2H3,(H,14,16). The van der Waals surface area contributed by atoms with Crippen molar-refractivity contribution in [2.24, 2.45) is 0 Å². The maximum Gasteiger partial charge on any atom is 0.237 e. The number of methoxy groups -OCH3 is 1. The Morgan fingerprint density at radius 3 is 2.82 bits per heavy atom. The first kappa shape index (κ1) is 13.6. The summed E-state index contributed by atoms with van der Waals surface area (Å²) in [5, 5.41) is 11.8. The molecule has 5 heteroatoms. The first-order chi connectivity index (χ1) is 8.04. The predicted octanol–water partition coefficient (Wildman–Crippen LogP) is 1.69. The Bertz CT molecular complexity index is 393. The number of nitrogens with one attached hydrogen (secondary N) is 1. The predicted molar refractivity (Wildman–Crippen MR) is 66.7 cm³/mol. The fraction of sp³-hybridized carbons (Fsp3) is 0.417. The van der Waals surface area contributed by atoms with E-state index in [1.807, 2.05) is 0 Å². The maximum absolute atomic E-state index is 11.2. The molecule has 0 aliphatic rings. The Kier molecular flexibility index (Phi) is 5.10. The number of hydrogen-bond acceptors (Lipinski definition) is 3. The summed E-state index contributed by atoms with van der Waals surface area (Å²) in [7, 11) is 1.54. The molecule has 0 heterocycles. The molecule has 1 atom stereocenters. The van der Waals surface area contributed by atoms with Crippen molar-refractivity contribution in [2.45, 2.75) is 18.7 Å². The van der Waals surface area contributed by atoms with Gasteiger partial charge in [-0.1, -0.05) is 6.07 Å². The zero-order valence-electron chi connectivity index (χ0n) is 9.87. The van der Waals surface area contributed by atoms with Gasteiger partial charge < -0.3 is 15.2 Å². The van der Waals surface area contributed by atoms with Gasteiger partial charge in [0, 0.05) is 12.6 Å². The van der Waals surface area contributed by atoms with Crippen LogP contribution in [0.5, 0.6) is 11.5 Å². The van der Waals surface area contributed by atoms with E-state index in [1.54, 1.807) is 25.1 Å². The minimum absolute atomic E-state index is 0.164. The van der Waals surface area contributed by atoms with Crippen LogP contribution in [-0.2, 0) is 11.2 Å². The molecule has 0 saturated heterocycles. The largest absolute Gasteiger partial charge is 0.508 e. The molecule has 1 amide bonds. The van der Waals surface area contributed by atoms with E-state index in [4.69, 9.17) is 16.3 Å². The summed E-state index contributed by atoms with van der Waals surface area (Å²) in [4.78, 5) is 11.2. The van der Waals surface area contributed by atoms with E-state index in [2.05, 4.69) is 5.32 Å². The van der Waals surface area contributed by atoms with E-state index in [1.165, 1.54) is 7.11 Å². The highest BCUT2D eigenvalue weighted by molar-refractivity contribution is 6.30. The van der Waals surface area contributed by atoms with Crippen molar-refractivity contribution >= 4 is 17.5 Å². The molecule has 0 bridgehead atoms. The van der Waals surface area contributed by atoms with Gasteiger partial charge in [-0.25, -0.2) is 0 Å². The van der Waals surface area contributed by atoms with Gasteiger partial charge in [-0.3, -0.25) is 4.79 Å². The molecule has 0 aliphatic carbocycles. The van der Waals surface area contributed by atoms with Crippen molar-refractivity contribution < 1.29 is 14.6 Å². The van der Waals surface area contributed by atoms with E-state index in [9.17, 15) is 9.90 Å². The van der Waals surface area contributed by atoms with Gasteiger partial charge in [0.15, 0.2) is 0 Å². The highest BCUT2D eigenvalue weighted by Gasteiger charge is 2.08. The molecule has 17 heavy (non-hydrogen) atoms. The summed E-state index contributed by atoms with van der Waals surface area (Å²) in [5.74, 6) is 0.557. The van der Waals surface area contributed by atoms with E-state index >= 15 is 0 Å². The Labute approximate surface area is 106 Å². The van der Waals surface area contributed by atoms with Crippen molar-refractivity contribution in [1.29, 1.82) is 0 Å². The SMILES string of the molecule is COc1ccc(CCNC(=O)C(C)Cl)c(O)c1. The van der Waals surface area contributed by atoms with Crippen LogP contribution in [0.4, 0.5) is 0 Å². The van der Waals surface area contributed by atoms with Gasteiger partial charge in [0.2, 0.25) is 5.91 Å². The lowest BCUT2D eigenvalue weighted by atomic mass is 10.1. The van der Waals surface area contributed by atoms with Gasteiger partial charge in [-0.05, 0) is 25.0 Å². The molecule has 0 spiro atoms. The summed E-state index contributed by atoms with van der Waals surface area (Å²) in [6, 6.07) is 5.08. The van der Waals surface area contributed by atoms with Crippen LogP contribution in [0.2, 0.25) is 0 Å². The Balaban J connectivity index is 2.50. The van der Waals surface area contributed by atoms with Gasteiger partial charge in [0.25, 0.3) is 0 Å². The molecular formula is C12H16ClNO3. The number of carbonyl (C=O) groups is 1. The number of phenols is 1. The van der Waals surface area contributed by atoms with Crippen LogP contribution >= 0.6 is 11.6 Å². The molecule has 94 valence electrons. The van der Waals surface area contributed by atoms with Gasteiger partial charge in [-0.2, -0.15) is 0 Å². The Hall–Kier alpha value is -1.42. The van der Waals surface area contributed by atoms with Crippen LogP contribution in [0, 0.1) is 0 Å². The van der Waals surface area contributed by atoms with Crippen LogP contribution in [-0.4, -0.2) is 30.0 Å². The second-order valence-electron chi connectivity index (χ2n) is 3.65. The first-order valence-electron chi connectivity index (χ1n) is 5.32. The van der Waals surface area contributed by atoms with Crippen LogP contribution in [0.1, 0.15) is 12.5 Å². The van der Waals surface area contributed by atoms with Crippen molar-refractivity contribution in [3.63, 3.8) is 0 Å². The third-order valence-electron chi connectivity index (χ3n) is 2.35. The number of amides is 1. The zero-order chi connectivity index (χ0) is 12.8. The van der Waals surface area contributed by atoms with Crippen LogP contribution in [0.25, 0.3) is 0 Å².